The molecular formula is C17H23N3O4. The molecule has 2 aliphatic rings. The second-order valence-corrected chi connectivity index (χ2v) is 6.48. The van der Waals surface area contributed by atoms with Gasteiger partial charge in [0, 0.05) is 44.4 Å². The maximum Gasteiger partial charge on any atom is 0.319 e. The van der Waals surface area contributed by atoms with E-state index in [9.17, 15) is 14.4 Å². The molecule has 1 N–H and O–H groups in total. The molecule has 24 heavy (non-hydrogen) atoms. The van der Waals surface area contributed by atoms with Gasteiger partial charge in [0.05, 0.1) is 0 Å². The molecule has 7 nitrogen and oxygen atoms in total. The fourth-order valence-electron chi connectivity index (χ4n) is 3.30. The van der Waals surface area contributed by atoms with Gasteiger partial charge in [0.2, 0.25) is 0 Å². The van der Waals surface area contributed by atoms with Crippen LogP contribution in [0.3, 0.4) is 0 Å². The molecule has 3 amide bonds. The van der Waals surface area contributed by atoms with E-state index in [1.165, 1.54) is 12.1 Å². The number of carbonyl (C=O) groups excluding carboxylic acids is 2. The minimum Gasteiger partial charge on any atom is -0.456 e. The standard InChI is InChI=1S/C17H23N3O4/c1-12-10-14(21)11-15(24-12)16(22)18-13-4-8-20(9-5-13)17(23)19-6-2-3-7-19/h10-11,13H,2-9H2,1H3,(H,18,22). The van der Waals surface area contributed by atoms with Crippen LogP contribution in [0.4, 0.5) is 4.79 Å². The fraction of sp³-hybridized carbons (Fsp3) is 0.588. The molecule has 0 bridgehead atoms. The largest absolute Gasteiger partial charge is 0.456 e. The summed E-state index contributed by atoms with van der Waals surface area (Å²) in [5, 5.41) is 2.90. The Labute approximate surface area is 140 Å². The molecule has 3 rings (SSSR count). The van der Waals surface area contributed by atoms with E-state index in [-0.39, 0.29) is 29.2 Å². The lowest BCUT2D eigenvalue weighted by Gasteiger charge is -2.34. The molecule has 0 aliphatic carbocycles. The first kappa shape index (κ1) is 16.5. The van der Waals surface area contributed by atoms with E-state index >= 15 is 0 Å². The van der Waals surface area contributed by atoms with E-state index in [1.54, 1.807) is 6.92 Å². The first-order valence-corrected chi connectivity index (χ1v) is 8.49. The van der Waals surface area contributed by atoms with Crippen molar-refractivity contribution in [2.45, 2.75) is 38.6 Å². The van der Waals surface area contributed by atoms with Crippen LogP contribution < -0.4 is 10.7 Å². The summed E-state index contributed by atoms with van der Waals surface area (Å²) in [4.78, 5) is 39.8. The maximum atomic E-state index is 12.3. The average molecular weight is 333 g/mol. The summed E-state index contributed by atoms with van der Waals surface area (Å²) in [5.74, 6) is 0.0781. The van der Waals surface area contributed by atoms with Crippen molar-refractivity contribution < 1.29 is 14.0 Å². The van der Waals surface area contributed by atoms with Crippen molar-refractivity contribution in [1.29, 1.82) is 0 Å². The second kappa shape index (κ2) is 7.07. The third-order valence-corrected chi connectivity index (χ3v) is 4.59. The van der Waals surface area contributed by atoms with Gasteiger partial charge < -0.3 is 19.5 Å². The molecule has 0 unspecified atom stereocenters. The fourth-order valence-corrected chi connectivity index (χ4v) is 3.30. The van der Waals surface area contributed by atoms with Crippen LogP contribution >= 0.6 is 0 Å². The van der Waals surface area contributed by atoms with E-state index in [0.29, 0.717) is 31.7 Å². The number of piperidine rings is 1. The number of amides is 3. The zero-order valence-electron chi connectivity index (χ0n) is 13.9. The Hall–Kier alpha value is -2.31. The smallest absolute Gasteiger partial charge is 0.319 e. The molecule has 2 aliphatic heterocycles. The van der Waals surface area contributed by atoms with Crippen LogP contribution in [0, 0.1) is 6.92 Å². The maximum absolute atomic E-state index is 12.3. The molecule has 3 heterocycles. The van der Waals surface area contributed by atoms with Gasteiger partial charge in [-0.3, -0.25) is 9.59 Å². The van der Waals surface area contributed by atoms with Gasteiger partial charge in [0.15, 0.2) is 11.2 Å². The van der Waals surface area contributed by atoms with Crippen molar-refractivity contribution in [2.24, 2.45) is 0 Å². The van der Waals surface area contributed by atoms with Crippen LogP contribution in [0.2, 0.25) is 0 Å². The van der Waals surface area contributed by atoms with Crippen LogP contribution in [0.15, 0.2) is 21.3 Å². The Morgan fingerprint density at radius 2 is 1.71 bits per heavy atom. The topological polar surface area (TPSA) is 82.9 Å². The van der Waals surface area contributed by atoms with E-state index in [1.807, 2.05) is 9.80 Å². The summed E-state index contributed by atoms with van der Waals surface area (Å²) in [7, 11) is 0. The van der Waals surface area contributed by atoms with E-state index in [4.69, 9.17) is 4.42 Å². The quantitative estimate of drug-likeness (QED) is 0.886. The summed E-state index contributed by atoms with van der Waals surface area (Å²) in [6, 6.07) is 2.65. The van der Waals surface area contributed by atoms with Gasteiger partial charge in [-0.05, 0) is 32.6 Å². The molecule has 130 valence electrons. The average Bonchev–Trinajstić information content (AvgIpc) is 3.08. The molecule has 1 aromatic heterocycles. The van der Waals surface area contributed by atoms with E-state index < -0.39 is 0 Å². The zero-order chi connectivity index (χ0) is 17.1. The van der Waals surface area contributed by atoms with Crippen LogP contribution in [0.25, 0.3) is 0 Å². The van der Waals surface area contributed by atoms with Gasteiger partial charge >= 0.3 is 6.03 Å². The summed E-state index contributed by atoms with van der Waals surface area (Å²) < 4.78 is 5.31. The number of hydrogen-bond acceptors (Lipinski definition) is 4. The molecule has 0 atom stereocenters. The number of likely N-dealkylation sites (tertiary alicyclic amines) is 2. The van der Waals surface area contributed by atoms with Gasteiger partial charge in [-0.15, -0.1) is 0 Å². The highest BCUT2D eigenvalue weighted by Gasteiger charge is 2.28. The Bertz CT molecular complexity index is 671. The molecule has 2 saturated heterocycles. The first-order valence-electron chi connectivity index (χ1n) is 8.49. The lowest BCUT2D eigenvalue weighted by atomic mass is 10.1. The van der Waals surface area contributed by atoms with Gasteiger partial charge in [-0.25, -0.2) is 4.79 Å². The number of hydrogen-bond donors (Lipinski definition) is 1. The Morgan fingerprint density at radius 1 is 1.08 bits per heavy atom. The van der Waals surface area contributed by atoms with Crippen molar-refractivity contribution in [2.75, 3.05) is 26.2 Å². The number of urea groups is 1. The predicted octanol–water partition coefficient (Wildman–Crippen LogP) is 1.36. The normalized spacial score (nSPS) is 18.7. The van der Waals surface area contributed by atoms with Crippen molar-refractivity contribution in [3.05, 3.63) is 33.9 Å². The lowest BCUT2D eigenvalue weighted by molar-refractivity contribution is 0.0880. The summed E-state index contributed by atoms with van der Waals surface area (Å²) in [6.45, 7) is 4.61. The monoisotopic (exact) mass is 333 g/mol. The molecule has 1 aromatic rings. The Kier molecular flexibility index (Phi) is 4.87. The summed E-state index contributed by atoms with van der Waals surface area (Å²) in [6.07, 6.45) is 3.59. The molecular weight excluding hydrogens is 310 g/mol. The molecule has 2 fully saturated rings. The summed E-state index contributed by atoms with van der Waals surface area (Å²) >= 11 is 0. The highest BCUT2D eigenvalue weighted by Crippen LogP contribution is 2.16. The first-order chi connectivity index (χ1) is 11.5. The number of aryl methyl sites for hydroxylation is 1. The second-order valence-electron chi connectivity index (χ2n) is 6.48. The number of nitrogens with zero attached hydrogens (tertiary/aromatic N) is 2. The van der Waals surface area contributed by atoms with Gasteiger partial charge in [0.25, 0.3) is 5.91 Å². The van der Waals surface area contributed by atoms with E-state index in [2.05, 4.69) is 5.32 Å². The lowest BCUT2D eigenvalue weighted by Crippen LogP contribution is -2.50. The van der Waals surface area contributed by atoms with Crippen LogP contribution in [-0.4, -0.2) is 54.0 Å². The number of rotatable bonds is 2. The molecule has 0 radical (unpaired) electrons. The molecule has 0 spiro atoms. The SMILES string of the molecule is Cc1cc(=O)cc(C(=O)NC2CCN(C(=O)N3CCCC3)CC2)o1. The molecule has 0 aromatic carbocycles. The Morgan fingerprint density at radius 3 is 2.33 bits per heavy atom. The highest BCUT2D eigenvalue weighted by atomic mass is 16.3. The van der Waals surface area contributed by atoms with Crippen LogP contribution in [0.1, 0.15) is 42.0 Å². The highest BCUT2D eigenvalue weighted by molar-refractivity contribution is 5.91. The van der Waals surface area contributed by atoms with E-state index in [0.717, 1.165) is 25.9 Å². The van der Waals surface area contributed by atoms with Crippen molar-refractivity contribution in [1.82, 2.24) is 15.1 Å². The predicted molar refractivity (Wildman–Crippen MR) is 88.0 cm³/mol. The Balaban J connectivity index is 1.52. The third kappa shape index (κ3) is 3.77. The van der Waals surface area contributed by atoms with Gasteiger partial charge in [-0.2, -0.15) is 0 Å². The number of nitrogens with one attached hydrogen (secondary N) is 1. The minimum atomic E-state index is -0.375. The third-order valence-electron chi connectivity index (χ3n) is 4.59. The molecule has 0 saturated carbocycles. The zero-order valence-corrected chi connectivity index (χ0v) is 13.9. The minimum absolute atomic E-state index is 0.00839. The number of carbonyl (C=O) groups is 2. The van der Waals surface area contributed by atoms with Gasteiger partial charge in [0.1, 0.15) is 5.76 Å². The van der Waals surface area contributed by atoms with Gasteiger partial charge in [-0.1, -0.05) is 0 Å². The molecule has 7 heteroatoms. The van der Waals surface area contributed by atoms with Crippen molar-refractivity contribution >= 4 is 11.9 Å². The summed E-state index contributed by atoms with van der Waals surface area (Å²) in [5.41, 5.74) is -0.241. The van der Waals surface area contributed by atoms with Crippen LogP contribution in [0.5, 0.6) is 0 Å². The van der Waals surface area contributed by atoms with Crippen molar-refractivity contribution in [3.63, 3.8) is 0 Å². The van der Waals surface area contributed by atoms with Crippen molar-refractivity contribution in [3.8, 4) is 0 Å². The van der Waals surface area contributed by atoms with Crippen LogP contribution in [-0.2, 0) is 0 Å².